The summed E-state index contributed by atoms with van der Waals surface area (Å²) in [6, 6.07) is 4.03. The van der Waals surface area contributed by atoms with Crippen LogP contribution in [-0.4, -0.2) is 0 Å². The molecule has 0 aliphatic heterocycles. The van der Waals surface area contributed by atoms with Crippen LogP contribution in [0.5, 0.6) is 0 Å². The molecule has 0 spiro atoms. The van der Waals surface area contributed by atoms with Crippen molar-refractivity contribution in [2.75, 3.05) is 0 Å². The van der Waals surface area contributed by atoms with Gasteiger partial charge >= 0.3 is 0 Å². The van der Waals surface area contributed by atoms with Gasteiger partial charge in [0.15, 0.2) is 0 Å². The van der Waals surface area contributed by atoms with Crippen molar-refractivity contribution in [2.24, 2.45) is 0 Å². The Morgan fingerprint density at radius 1 is 1.71 bits per heavy atom. The van der Waals surface area contributed by atoms with Gasteiger partial charge in [-0.25, -0.2) is 0 Å². The second-order valence-corrected chi connectivity index (χ2v) is 2.38. The number of hydrogen-bond acceptors (Lipinski definition) is 2. The lowest BCUT2D eigenvalue weighted by Crippen LogP contribution is -1.54. The van der Waals surface area contributed by atoms with Crippen molar-refractivity contribution >= 4 is 24.0 Å². The summed E-state index contributed by atoms with van der Waals surface area (Å²) in [5.74, 6) is 1.80. The Hall–Kier alpha value is 0.0500. The van der Waals surface area contributed by atoms with E-state index in [1.165, 1.54) is 4.88 Å². The van der Waals surface area contributed by atoms with Gasteiger partial charge in [-0.2, -0.15) is 12.6 Å². The van der Waals surface area contributed by atoms with Crippen LogP contribution >= 0.6 is 24.0 Å². The summed E-state index contributed by atoms with van der Waals surface area (Å²) >= 11 is 5.65. The van der Waals surface area contributed by atoms with E-state index >= 15 is 0 Å². The second kappa shape index (κ2) is 2.38. The van der Waals surface area contributed by atoms with Gasteiger partial charge in [0.25, 0.3) is 0 Å². The van der Waals surface area contributed by atoms with Crippen LogP contribution in [0, 0.1) is 5.75 Å². The van der Waals surface area contributed by atoms with Gasteiger partial charge in [-0.3, -0.25) is 0 Å². The predicted molar refractivity (Wildman–Crippen MR) is 36.7 cm³/mol. The van der Waals surface area contributed by atoms with E-state index in [-0.39, 0.29) is 0 Å². The Bertz CT molecular complexity index is 121. The Morgan fingerprint density at radius 2 is 2.57 bits per heavy atom. The highest BCUT2D eigenvalue weighted by atomic mass is 32.1. The third-order valence-corrected chi connectivity index (χ3v) is 1.94. The number of thiophene rings is 1. The minimum absolute atomic E-state index is 1.21. The van der Waals surface area contributed by atoms with Crippen molar-refractivity contribution in [3.8, 4) is 0 Å². The van der Waals surface area contributed by atoms with Crippen LogP contribution in [0.4, 0.5) is 0 Å². The van der Waals surface area contributed by atoms with Crippen molar-refractivity contribution in [3.05, 3.63) is 28.1 Å². The van der Waals surface area contributed by atoms with Gasteiger partial charge in [0.1, 0.15) is 0 Å². The Balaban J connectivity index is 2.76. The van der Waals surface area contributed by atoms with E-state index in [0.29, 0.717) is 0 Å². The molecule has 2 heteroatoms. The third kappa shape index (κ3) is 1.21. The fraction of sp³-hybridized carbons (Fsp3) is 0. The first kappa shape index (κ1) is 5.19. The van der Waals surface area contributed by atoms with Crippen LogP contribution in [0.1, 0.15) is 4.88 Å². The zero-order valence-electron chi connectivity index (χ0n) is 3.66. The van der Waals surface area contributed by atoms with Crippen molar-refractivity contribution in [1.82, 2.24) is 0 Å². The predicted octanol–water partition coefficient (Wildman–Crippen LogP) is 2.19. The molecule has 0 saturated carbocycles. The molecular weight excluding hydrogens is 124 g/mol. The van der Waals surface area contributed by atoms with E-state index in [2.05, 4.69) is 12.6 Å². The van der Waals surface area contributed by atoms with Crippen LogP contribution in [0.2, 0.25) is 0 Å². The molecule has 0 nitrogen and oxygen atoms in total. The number of rotatable bonds is 1. The van der Waals surface area contributed by atoms with E-state index in [0.717, 1.165) is 0 Å². The average molecular weight is 129 g/mol. The maximum atomic E-state index is 3.96. The molecule has 0 N–H and O–H groups in total. The minimum Gasteiger partial charge on any atom is -0.169 e. The molecule has 0 saturated heterocycles. The van der Waals surface area contributed by atoms with Gasteiger partial charge in [-0.1, -0.05) is 6.07 Å². The highest BCUT2D eigenvalue weighted by molar-refractivity contribution is 7.82. The lowest BCUT2D eigenvalue weighted by Gasteiger charge is -1.77. The molecule has 1 aromatic heterocycles. The molecule has 0 unspecified atom stereocenters. The maximum absolute atomic E-state index is 3.96. The fourth-order valence-corrected chi connectivity index (χ4v) is 1.17. The summed E-state index contributed by atoms with van der Waals surface area (Å²) in [6.45, 7) is 0. The Morgan fingerprint density at radius 3 is 2.86 bits per heavy atom. The van der Waals surface area contributed by atoms with Crippen LogP contribution < -0.4 is 0 Å². The monoisotopic (exact) mass is 129 g/mol. The first-order valence-electron chi connectivity index (χ1n) is 1.94. The van der Waals surface area contributed by atoms with Crippen LogP contribution in [0.3, 0.4) is 0 Å². The largest absolute Gasteiger partial charge is 0.169 e. The lowest BCUT2D eigenvalue weighted by atomic mass is 10.5. The van der Waals surface area contributed by atoms with Crippen LogP contribution in [0.15, 0.2) is 17.5 Å². The van der Waals surface area contributed by atoms with Gasteiger partial charge < -0.3 is 0 Å². The van der Waals surface area contributed by atoms with Crippen LogP contribution in [-0.2, 0) is 0 Å². The molecule has 0 bridgehead atoms. The molecule has 0 amide bonds. The smallest absolute Gasteiger partial charge is 0.0526 e. The molecular formula is C5H5S2. The van der Waals surface area contributed by atoms with Gasteiger partial charge in [0, 0.05) is 4.88 Å². The van der Waals surface area contributed by atoms with Gasteiger partial charge in [-0.05, 0) is 11.4 Å². The van der Waals surface area contributed by atoms with Crippen molar-refractivity contribution in [2.45, 2.75) is 0 Å². The second-order valence-electron chi connectivity index (χ2n) is 1.14. The third-order valence-electron chi connectivity index (χ3n) is 0.670. The first-order valence-corrected chi connectivity index (χ1v) is 3.34. The topological polar surface area (TPSA) is 0 Å². The molecule has 0 aromatic carbocycles. The number of hydrogen-bond donors (Lipinski definition) is 1. The zero-order chi connectivity index (χ0) is 5.11. The molecule has 0 aliphatic rings. The van der Waals surface area contributed by atoms with Crippen LogP contribution in [0.25, 0.3) is 0 Å². The molecule has 7 heavy (non-hydrogen) atoms. The normalized spacial score (nSPS) is 9.29. The maximum Gasteiger partial charge on any atom is 0.0526 e. The SMILES string of the molecule is S[CH]c1cccs1. The fourth-order valence-electron chi connectivity index (χ4n) is 0.365. The van der Waals surface area contributed by atoms with E-state index in [9.17, 15) is 0 Å². The van der Waals surface area contributed by atoms with E-state index < -0.39 is 0 Å². The molecule has 1 heterocycles. The molecule has 1 rings (SSSR count). The van der Waals surface area contributed by atoms with E-state index in [1.54, 1.807) is 17.1 Å². The molecule has 1 radical (unpaired) electrons. The summed E-state index contributed by atoms with van der Waals surface area (Å²) in [5.41, 5.74) is 0. The summed E-state index contributed by atoms with van der Waals surface area (Å²) in [4.78, 5) is 1.21. The zero-order valence-corrected chi connectivity index (χ0v) is 5.38. The summed E-state index contributed by atoms with van der Waals surface area (Å²) in [5, 5.41) is 2.03. The molecule has 37 valence electrons. The minimum atomic E-state index is 1.21. The van der Waals surface area contributed by atoms with Crippen molar-refractivity contribution in [1.29, 1.82) is 0 Å². The average Bonchev–Trinajstić information content (AvgIpc) is 2.14. The van der Waals surface area contributed by atoms with Crippen molar-refractivity contribution < 1.29 is 0 Å². The van der Waals surface area contributed by atoms with E-state index in [4.69, 9.17) is 0 Å². The quantitative estimate of drug-likeness (QED) is 0.552. The summed E-state index contributed by atoms with van der Waals surface area (Å²) < 4.78 is 0. The first-order chi connectivity index (χ1) is 3.43. The van der Waals surface area contributed by atoms with Gasteiger partial charge in [0.2, 0.25) is 0 Å². The standard InChI is InChI=1S/C5H5S2/c6-4-5-2-1-3-7-5/h1-4,6H. The molecule has 0 atom stereocenters. The highest BCUT2D eigenvalue weighted by Crippen LogP contribution is 2.11. The van der Waals surface area contributed by atoms with Gasteiger partial charge in [-0.15, -0.1) is 11.3 Å². The van der Waals surface area contributed by atoms with Gasteiger partial charge in [0.05, 0.1) is 5.75 Å². The van der Waals surface area contributed by atoms with E-state index in [1.807, 2.05) is 17.5 Å². The number of thiol groups is 1. The lowest BCUT2D eigenvalue weighted by molar-refractivity contribution is 1.85. The molecule has 0 fully saturated rings. The highest BCUT2D eigenvalue weighted by Gasteiger charge is 1.84. The molecule has 0 aliphatic carbocycles. The summed E-state index contributed by atoms with van der Waals surface area (Å²) in [6.07, 6.45) is 0. The summed E-state index contributed by atoms with van der Waals surface area (Å²) in [7, 11) is 0. The van der Waals surface area contributed by atoms with Crippen molar-refractivity contribution in [3.63, 3.8) is 0 Å². The Labute approximate surface area is 52.6 Å². The Kier molecular flexibility index (Phi) is 1.77. The molecule has 1 aromatic rings.